The fourth-order valence-electron chi connectivity index (χ4n) is 6.79. The summed E-state index contributed by atoms with van der Waals surface area (Å²) >= 11 is 0. The molecule has 2 N–H and O–H groups in total. The van der Waals surface area contributed by atoms with Crippen LogP contribution in [0.5, 0.6) is 5.75 Å². The second kappa shape index (κ2) is 13.1. The number of ether oxygens (including phenoxy) is 2. The highest BCUT2D eigenvalue weighted by Gasteiger charge is 2.41. The van der Waals surface area contributed by atoms with Crippen molar-refractivity contribution in [3.63, 3.8) is 0 Å². The van der Waals surface area contributed by atoms with E-state index >= 15 is 0 Å². The van der Waals surface area contributed by atoms with Crippen LogP contribution in [0.25, 0.3) is 0 Å². The van der Waals surface area contributed by atoms with Crippen molar-refractivity contribution in [1.82, 2.24) is 20.2 Å². The average molecular weight is 592 g/mol. The Morgan fingerprint density at radius 1 is 1.12 bits per heavy atom. The van der Waals surface area contributed by atoms with Crippen molar-refractivity contribution in [2.24, 2.45) is 5.92 Å². The number of hydrogen-bond donors (Lipinski definition) is 2. The Morgan fingerprint density at radius 3 is 2.63 bits per heavy atom. The van der Waals surface area contributed by atoms with E-state index < -0.39 is 0 Å². The van der Waals surface area contributed by atoms with Crippen LogP contribution in [0.3, 0.4) is 0 Å². The van der Waals surface area contributed by atoms with Crippen LogP contribution in [0.2, 0.25) is 0 Å². The largest absolute Gasteiger partial charge is 0.491 e. The lowest BCUT2D eigenvalue weighted by atomic mass is 10.0. The first kappa shape index (κ1) is 29.6. The van der Waals surface area contributed by atoms with Crippen molar-refractivity contribution >= 4 is 35.0 Å². The second-order valence-corrected chi connectivity index (χ2v) is 12.5. The predicted molar refractivity (Wildman–Crippen MR) is 166 cm³/mol. The monoisotopic (exact) mass is 591 g/mol. The summed E-state index contributed by atoms with van der Waals surface area (Å²) in [5.41, 5.74) is 1.98. The molecule has 3 fully saturated rings. The minimum atomic E-state index is -0.238. The quantitative estimate of drug-likeness (QED) is 0.448. The molecule has 0 radical (unpaired) electrons. The van der Waals surface area contributed by atoms with Crippen LogP contribution in [-0.2, 0) is 9.53 Å². The van der Waals surface area contributed by atoms with Gasteiger partial charge in [0.05, 0.1) is 25.1 Å². The number of nitrogens with zero attached hydrogens (tertiary/aromatic N) is 5. The number of nitrogens with one attached hydrogen (secondary N) is 2. The summed E-state index contributed by atoms with van der Waals surface area (Å²) in [5.74, 6) is 2.10. The van der Waals surface area contributed by atoms with Crippen molar-refractivity contribution in [2.75, 3.05) is 62.1 Å². The van der Waals surface area contributed by atoms with Crippen LogP contribution in [0.1, 0.15) is 68.6 Å². The summed E-state index contributed by atoms with van der Waals surface area (Å²) in [6.07, 6.45) is 9.74. The van der Waals surface area contributed by atoms with Gasteiger partial charge < -0.3 is 34.8 Å². The molecule has 11 nitrogen and oxygen atoms in total. The zero-order valence-corrected chi connectivity index (χ0v) is 25.7. The molecule has 4 aliphatic rings. The Hall–Kier alpha value is -3.44. The summed E-state index contributed by atoms with van der Waals surface area (Å²) in [6.45, 7) is 5.94. The summed E-state index contributed by atoms with van der Waals surface area (Å²) in [7, 11) is 3.92. The Kier molecular flexibility index (Phi) is 8.99. The van der Waals surface area contributed by atoms with Crippen molar-refractivity contribution in [2.45, 2.75) is 76.4 Å². The topological polar surface area (TPSA) is 112 Å². The first-order valence-electron chi connectivity index (χ1n) is 15.9. The maximum Gasteiger partial charge on any atom is 0.251 e. The van der Waals surface area contributed by atoms with Gasteiger partial charge >= 0.3 is 0 Å². The number of hydrogen-bond acceptors (Lipinski definition) is 9. The van der Waals surface area contributed by atoms with Crippen LogP contribution in [0.4, 0.5) is 23.1 Å². The van der Waals surface area contributed by atoms with E-state index in [1.807, 2.05) is 18.2 Å². The molecule has 2 saturated heterocycles. The molecule has 1 saturated carbocycles. The van der Waals surface area contributed by atoms with Gasteiger partial charge in [-0.25, -0.2) is 4.98 Å². The van der Waals surface area contributed by atoms with Gasteiger partial charge in [-0.1, -0.05) is 19.8 Å². The molecule has 1 aromatic heterocycles. The third-order valence-corrected chi connectivity index (χ3v) is 9.45. The summed E-state index contributed by atoms with van der Waals surface area (Å²) in [6, 6.07) is 5.72. The first-order valence-corrected chi connectivity index (χ1v) is 15.9. The zero-order chi connectivity index (χ0) is 29.9. The zero-order valence-electron chi connectivity index (χ0n) is 25.7. The highest BCUT2D eigenvalue weighted by Crippen LogP contribution is 2.40. The van der Waals surface area contributed by atoms with Crippen LogP contribution >= 0.6 is 0 Å². The number of fused-ring (bicyclic) bond motifs is 1. The maximum atomic E-state index is 13.3. The molecule has 3 aliphatic heterocycles. The molecule has 6 rings (SSSR count). The Bertz CT molecular complexity index is 1300. The molecule has 11 heteroatoms. The van der Waals surface area contributed by atoms with Crippen LogP contribution in [0, 0.1) is 5.92 Å². The summed E-state index contributed by atoms with van der Waals surface area (Å²) in [5, 5.41) is 6.58. The Labute approximate surface area is 254 Å². The van der Waals surface area contributed by atoms with Gasteiger partial charge in [-0.2, -0.15) is 4.98 Å². The molecule has 4 heterocycles. The standard InChI is InChI=1S/C32H45N7O4/c1-4-26-31(41)38(3)27-18-33-32(36-29(27)39(26)24-7-5-6-8-24)35-25-10-9-22(17-28(25)43-20-21-13-16-42-19-21)30(40)34-23-11-14-37(2)15-12-23/h9-10,17-18,21,23-24,26H,4-8,11-16,19-20H2,1-3H3,(H,34,40)(H,33,35,36)/t21?,26-/m1/s1. The number of aromatic nitrogens is 2. The van der Waals surface area contributed by atoms with E-state index in [2.05, 4.69) is 39.4 Å². The van der Waals surface area contributed by atoms with Crippen LogP contribution in [-0.4, -0.2) is 91.8 Å². The number of carbonyl (C=O) groups excluding carboxylic acids is 2. The molecule has 1 aliphatic carbocycles. The fraction of sp³-hybridized carbons (Fsp3) is 0.625. The number of piperidine rings is 1. The molecule has 232 valence electrons. The van der Waals surface area contributed by atoms with E-state index in [0.29, 0.717) is 48.1 Å². The third-order valence-electron chi connectivity index (χ3n) is 9.45. The molecule has 2 atom stereocenters. The van der Waals surface area contributed by atoms with Gasteiger partial charge in [-0.05, 0) is 76.9 Å². The van der Waals surface area contributed by atoms with Crippen molar-refractivity contribution in [3.05, 3.63) is 30.0 Å². The van der Waals surface area contributed by atoms with E-state index in [0.717, 1.165) is 82.6 Å². The summed E-state index contributed by atoms with van der Waals surface area (Å²) in [4.78, 5) is 42.3. The van der Waals surface area contributed by atoms with Crippen LogP contribution < -0.4 is 25.2 Å². The van der Waals surface area contributed by atoms with Crippen LogP contribution in [0.15, 0.2) is 24.4 Å². The average Bonchev–Trinajstić information content (AvgIpc) is 3.74. The van der Waals surface area contributed by atoms with Gasteiger partial charge in [-0.15, -0.1) is 0 Å². The second-order valence-electron chi connectivity index (χ2n) is 12.5. The van der Waals surface area contributed by atoms with Gasteiger partial charge in [-0.3, -0.25) is 9.59 Å². The predicted octanol–water partition coefficient (Wildman–Crippen LogP) is 3.96. The minimum Gasteiger partial charge on any atom is -0.491 e. The molecular formula is C32H45N7O4. The van der Waals surface area contributed by atoms with Crippen molar-refractivity contribution < 1.29 is 19.1 Å². The van der Waals surface area contributed by atoms with Gasteiger partial charge in [0, 0.05) is 37.2 Å². The lowest BCUT2D eigenvalue weighted by molar-refractivity contribution is -0.120. The highest BCUT2D eigenvalue weighted by atomic mass is 16.5. The van der Waals surface area contributed by atoms with Gasteiger partial charge in [0.1, 0.15) is 17.5 Å². The van der Waals surface area contributed by atoms with Crippen molar-refractivity contribution in [1.29, 1.82) is 0 Å². The molecule has 0 bridgehead atoms. The first-order chi connectivity index (χ1) is 20.9. The van der Waals surface area contributed by atoms with E-state index in [9.17, 15) is 9.59 Å². The number of anilines is 4. The maximum absolute atomic E-state index is 13.3. The molecule has 2 amide bonds. The smallest absolute Gasteiger partial charge is 0.251 e. The fourth-order valence-corrected chi connectivity index (χ4v) is 6.79. The number of rotatable bonds is 9. The number of likely N-dealkylation sites (N-methyl/N-ethyl adjacent to an activating group) is 1. The minimum absolute atomic E-state index is 0.0897. The number of carbonyl (C=O) groups is 2. The molecule has 1 unspecified atom stereocenters. The van der Waals surface area contributed by atoms with E-state index in [-0.39, 0.29) is 23.9 Å². The van der Waals surface area contributed by atoms with Gasteiger partial charge in [0.2, 0.25) is 11.9 Å². The molecular weight excluding hydrogens is 546 g/mol. The van der Waals surface area contributed by atoms with E-state index in [1.54, 1.807) is 18.1 Å². The summed E-state index contributed by atoms with van der Waals surface area (Å²) < 4.78 is 11.9. The molecule has 1 aromatic carbocycles. The Morgan fingerprint density at radius 2 is 1.91 bits per heavy atom. The third kappa shape index (κ3) is 6.43. The van der Waals surface area contributed by atoms with Gasteiger partial charge in [0.15, 0.2) is 5.82 Å². The van der Waals surface area contributed by atoms with Crippen molar-refractivity contribution in [3.8, 4) is 5.75 Å². The van der Waals surface area contributed by atoms with E-state index in [1.165, 1.54) is 0 Å². The Balaban J connectivity index is 1.26. The number of benzene rings is 1. The lowest BCUT2D eigenvalue weighted by Crippen LogP contribution is -2.55. The van der Waals surface area contributed by atoms with E-state index in [4.69, 9.17) is 14.5 Å². The lowest BCUT2D eigenvalue weighted by Gasteiger charge is -2.43. The SMILES string of the molecule is CC[C@@H]1C(=O)N(C)c2cnc(Nc3ccc(C(=O)NC4CCN(C)CC4)cc3OCC3CCOC3)nc2N1C1CCCC1. The number of likely N-dealkylation sites (tertiary alicyclic amines) is 1. The number of amides is 2. The molecule has 43 heavy (non-hydrogen) atoms. The normalized spacial score (nSPS) is 23.5. The van der Waals surface area contributed by atoms with Gasteiger partial charge in [0.25, 0.3) is 5.91 Å². The highest BCUT2D eigenvalue weighted by molar-refractivity contribution is 6.04. The molecule has 0 spiro atoms. The molecule has 2 aromatic rings.